The van der Waals surface area contributed by atoms with Gasteiger partial charge < -0.3 is 28.4 Å². The number of fused-ring (bicyclic) bond motifs is 1. The SMILES string of the molecule is COc1cc2c(cc1-c1nccn1[C@H]1CN(C)C[C@@H]1OC)OCCO2. The van der Waals surface area contributed by atoms with E-state index in [4.69, 9.17) is 18.9 Å². The van der Waals surface area contributed by atoms with Crippen molar-refractivity contribution in [1.29, 1.82) is 0 Å². The van der Waals surface area contributed by atoms with Gasteiger partial charge in [-0.1, -0.05) is 0 Å². The molecule has 0 saturated carbocycles. The van der Waals surface area contributed by atoms with Crippen molar-refractivity contribution in [3.63, 3.8) is 0 Å². The van der Waals surface area contributed by atoms with Crippen LogP contribution in [0.5, 0.6) is 17.2 Å². The average Bonchev–Trinajstić information content (AvgIpc) is 3.26. The van der Waals surface area contributed by atoms with Gasteiger partial charge in [0, 0.05) is 38.7 Å². The number of methoxy groups -OCH3 is 2. The van der Waals surface area contributed by atoms with Gasteiger partial charge in [0.05, 0.1) is 24.8 Å². The molecule has 0 radical (unpaired) electrons. The minimum atomic E-state index is 0.126. The lowest BCUT2D eigenvalue weighted by molar-refractivity contribution is 0.0832. The molecule has 2 aliphatic rings. The van der Waals surface area contributed by atoms with Gasteiger partial charge in [-0.3, -0.25) is 0 Å². The summed E-state index contributed by atoms with van der Waals surface area (Å²) in [5.74, 6) is 3.00. The van der Waals surface area contributed by atoms with Crippen LogP contribution in [0.15, 0.2) is 24.5 Å². The molecule has 0 amide bonds. The summed E-state index contributed by atoms with van der Waals surface area (Å²) < 4.78 is 24.9. The van der Waals surface area contributed by atoms with Gasteiger partial charge in [-0.25, -0.2) is 4.98 Å². The van der Waals surface area contributed by atoms with E-state index in [0.717, 1.165) is 36.0 Å². The Kier molecular flexibility index (Phi) is 4.27. The molecule has 3 heterocycles. The maximum absolute atomic E-state index is 5.74. The number of hydrogen-bond donors (Lipinski definition) is 0. The molecule has 0 bridgehead atoms. The molecule has 0 N–H and O–H groups in total. The van der Waals surface area contributed by atoms with Gasteiger partial charge in [-0.15, -0.1) is 0 Å². The predicted octanol–water partition coefficient (Wildman–Crippen LogP) is 1.83. The minimum Gasteiger partial charge on any atom is -0.496 e. The van der Waals surface area contributed by atoms with Crippen LogP contribution < -0.4 is 14.2 Å². The van der Waals surface area contributed by atoms with E-state index in [1.54, 1.807) is 14.2 Å². The standard InChI is InChI=1S/C18H23N3O4/c1-20-10-13(17(11-20)23-3)21-5-4-19-18(21)12-8-15-16(9-14(12)22-2)25-7-6-24-15/h4-5,8-9,13,17H,6-7,10-11H2,1-3H3/t13-,17-/m0/s1. The normalized spacial score (nSPS) is 23.0. The van der Waals surface area contributed by atoms with Crippen LogP contribution in [0.25, 0.3) is 11.4 Å². The molecule has 7 heteroatoms. The van der Waals surface area contributed by atoms with Gasteiger partial charge in [0.25, 0.3) is 0 Å². The van der Waals surface area contributed by atoms with E-state index < -0.39 is 0 Å². The molecule has 4 rings (SSSR count). The Balaban J connectivity index is 1.77. The molecule has 0 spiro atoms. The molecule has 7 nitrogen and oxygen atoms in total. The molecule has 1 aromatic carbocycles. The third-order valence-electron chi connectivity index (χ3n) is 4.85. The Morgan fingerprint density at radius 1 is 1.12 bits per heavy atom. The number of aromatic nitrogens is 2. The van der Waals surface area contributed by atoms with E-state index in [1.807, 2.05) is 24.5 Å². The largest absolute Gasteiger partial charge is 0.496 e. The minimum absolute atomic E-state index is 0.126. The van der Waals surface area contributed by atoms with E-state index in [-0.39, 0.29) is 12.1 Å². The fourth-order valence-corrected chi connectivity index (χ4v) is 3.64. The van der Waals surface area contributed by atoms with Gasteiger partial charge >= 0.3 is 0 Å². The fourth-order valence-electron chi connectivity index (χ4n) is 3.64. The second-order valence-corrected chi connectivity index (χ2v) is 6.42. The molecule has 2 aromatic rings. The first-order valence-corrected chi connectivity index (χ1v) is 8.43. The Bertz CT molecular complexity index is 761. The number of rotatable bonds is 4. The number of likely N-dealkylation sites (tertiary alicyclic amines) is 1. The smallest absolute Gasteiger partial charge is 0.165 e. The Morgan fingerprint density at radius 3 is 2.60 bits per heavy atom. The zero-order valence-electron chi connectivity index (χ0n) is 14.8. The van der Waals surface area contributed by atoms with Crippen molar-refractivity contribution >= 4 is 0 Å². The van der Waals surface area contributed by atoms with Crippen LogP contribution in [0, 0.1) is 0 Å². The van der Waals surface area contributed by atoms with Crippen LogP contribution in [0.4, 0.5) is 0 Å². The van der Waals surface area contributed by atoms with Crippen molar-refractivity contribution in [1.82, 2.24) is 14.5 Å². The summed E-state index contributed by atoms with van der Waals surface area (Å²) in [7, 11) is 5.52. The summed E-state index contributed by atoms with van der Waals surface area (Å²) in [4.78, 5) is 6.86. The number of imidazole rings is 1. The fraction of sp³-hybridized carbons (Fsp3) is 0.500. The van der Waals surface area contributed by atoms with Gasteiger partial charge in [0.15, 0.2) is 11.5 Å². The van der Waals surface area contributed by atoms with E-state index in [0.29, 0.717) is 19.0 Å². The lowest BCUT2D eigenvalue weighted by Gasteiger charge is -2.23. The molecule has 2 atom stereocenters. The Labute approximate surface area is 147 Å². The first-order valence-electron chi connectivity index (χ1n) is 8.43. The molecule has 25 heavy (non-hydrogen) atoms. The zero-order chi connectivity index (χ0) is 17.4. The zero-order valence-corrected chi connectivity index (χ0v) is 14.8. The highest BCUT2D eigenvalue weighted by atomic mass is 16.6. The van der Waals surface area contributed by atoms with Gasteiger partial charge in [0.2, 0.25) is 0 Å². The summed E-state index contributed by atoms with van der Waals surface area (Å²) >= 11 is 0. The lowest BCUT2D eigenvalue weighted by atomic mass is 10.1. The van der Waals surface area contributed by atoms with Gasteiger partial charge in [-0.2, -0.15) is 0 Å². The van der Waals surface area contributed by atoms with Crippen molar-refractivity contribution in [2.45, 2.75) is 12.1 Å². The molecule has 0 aliphatic carbocycles. The third-order valence-corrected chi connectivity index (χ3v) is 4.85. The highest BCUT2D eigenvalue weighted by molar-refractivity contribution is 5.70. The summed E-state index contributed by atoms with van der Waals surface area (Å²) in [6.45, 7) is 2.91. The van der Waals surface area contributed by atoms with Crippen molar-refractivity contribution in [2.24, 2.45) is 0 Å². The van der Waals surface area contributed by atoms with E-state index in [9.17, 15) is 0 Å². The molecule has 134 valence electrons. The first kappa shape index (κ1) is 16.2. The Hall–Kier alpha value is -2.25. The van der Waals surface area contributed by atoms with Crippen LogP contribution in [0.2, 0.25) is 0 Å². The summed E-state index contributed by atoms with van der Waals surface area (Å²) in [6.07, 6.45) is 3.94. The summed E-state index contributed by atoms with van der Waals surface area (Å²) in [6, 6.07) is 4.02. The van der Waals surface area contributed by atoms with E-state index in [2.05, 4.69) is 21.5 Å². The highest BCUT2D eigenvalue weighted by Crippen LogP contribution is 2.42. The molecule has 1 fully saturated rings. The maximum atomic E-state index is 5.74. The molecular formula is C18H23N3O4. The van der Waals surface area contributed by atoms with Crippen molar-refractivity contribution in [2.75, 3.05) is 47.6 Å². The molecule has 1 aromatic heterocycles. The van der Waals surface area contributed by atoms with E-state index in [1.165, 1.54) is 0 Å². The van der Waals surface area contributed by atoms with Gasteiger partial charge in [0.1, 0.15) is 24.8 Å². The second-order valence-electron chi connectivity index (χ2n) is 6.42. The lowest BCUT2D eigenvalue weighted by Crippen LogP contribution is -2.24. The second kappa shape index (κ2) is 6.57. The number of benzene rings is 1. The number of nitrogens with zero attached hydrogens (tertiary/aromatic N) is 3. The Morgan fingerprint density at radius 2 is 1.88 bits per heavy atom. The van der Waals surface area contributed by atoms with Crippen LogP contribution >= 0.6 is 0 Å². The highest BCUT2D eigenvalue weighted by Gasteiger charge is 2.34. The maximum Gasteiger partial charge on any atom is 0.165 e. The molecule has 0 unspecified atom stereocenters. The third kappa shape index (κ3) is 2.83. The molecule has 1 saturated heterocycles. The number of hydrogen-bond acceptors (Lipinski definition) is 6. The average molecular weight is 345 g/mol. The number of likely N-dealkylation sites (N-methyl/N-ethyl adjacent to an activating group) is 1. The molecule has 2 aliphatic heterocycles. The first-order chi connectivity index (χ1) is 12.2. The molecular weight excluding hydrogens is 322 g/mol. The van der Waals surface area contributed by atoms with Crippen LogP contribution in [-0.4, -0.2) is 68.1 Å². The number of ether oxygens (including phenoxy) is 4. The van der Waals surface area contributed by atoms with Gasteiger partial charge in [-0.05, 0) is 13.1 Å². The monoisotopic (exact) mass is 345 g/mol. The van der Waals surface area contributed by atoms with Crippen LogP contribution in [-0.2, 0) is 4.74 Å². The van der Waals surface area contributed by atoms with Crippen LogP contribution in [0.1, 0.15) is 6.04 Å². The van der Waals surface area contributed by atoms with E-state index >= 15 is 0 Å². The summed E-state index contributed by atoms with van der Waals surface area (Å²) in [5.41, 5.74) is 0.890. The topological polar surface area (TPSA) is 58.0 Å². The summed E-state index contributed by atoms with van der Waals surface area (Å²) in [5, 5.41) is 0. The quantitative estimate of drug-likeness (QED) is 0.843. The van der Waals surface area contributed by atoms with Crippen LogP contribution in [0.3, 0.4) is 0 Å². The van der Waals surface area contributed by atoms with Crippen molar-refractivity contribution in [3.8, 4) is 28.6 Å². The van der Waals surface area contributed by atoms with Crippen molar-refractivity contribution in [3.05, 3.63) is 24.5 Å². The predicted molar refractivity (Wildman–Crippen MR) is 92.5 cm³/mol. The van der Waals surface area contributed by atoms with Crippen molar-refractivity contribution < 1.29 is 18.9 Å².